The van der Waals surface area contributed by atoms with Crippen molar-refractivity contribution >= 4 is 29.9 Å². The van der Waals surface area contributed by atoms with Gasteiger partial charge < -0.3 is 15.4 Å². The Morgan fingerprint density at radius 2 is 2.00 bits per heavy atom. The molecule has 2 N–H and O–H groups in total. The molecule has 5 nitrogen and oxygen atoms in total. The number of ether oxygens (including phenoxy) is 1. The summed E-state index contributed by atoms with van der Waals surface area (Å²) < 4.78 is 5.35. The molecule has 1 aliphatic carbocycles. The van der Waals surface area contributed by atoms with Crippen molar-refractivity contribution in [1.29, 1.82) is 0 Å². The summed E-state index contributed by atoms with van der Waals surface area (Å²) in [5.41, 5.74) is 0. The predicted octanol–water partition coefficient (Wildman–Crippen LogP) is 2.21. The second-order valence-corrected chi connectivity index (χ2v) is 6.02. The molecule has 1 aliphatic heterocycles. The van der Waals surface area contributed by atoms with E-state index in [0.717, 1.165) is 31.7 Å². The highest BCUT2D eigenvalue weighted by molar-refractivity contribution is 14.0. The minimum Gasteiger partial charge on any atom is -0.380 e. The normalized spacial score (nSPS) is 23.5. The van der Waals surface area contributed by atoms with Crippen LogP contribution in [0.25, 0.3) is 0 Å². The molecule has 0 aromatic rings. The van der Waals surface area contributed by atoms with Crippen molar-refractivity contribution in [3.63, 3.8) is 0 Å². The number of rotatable bonds is 7. The summed E-state index contributed by atoms with van der Waals surface area (Å²) in [7, 11) is 0. The van der Waals surface area contributed by atoms with Crippen molar-refractivity contribution in [2.75, 3.05) is 39.4 Å². The first-order valence-corrected chi connectivity index (χ1v) is 8.70. The maximum Gasteiger partial charge on any atom is 0.191 e. The number of aliphatic imine (C=N–C) groups is 1. The Labute approximate surface area is 152 Å². The molecule has 1 unspecified atom stereocenters. The molecule has 1 heterocycles. The van der Waals surface area contributed by atoms with Gasteiger partial charge in [0.1, 0.15) is 0 Å². The summed E-state index contributed by atoms with van der Waals surface area (Å²) in [6, 6.07) is 1.38. The fourth-order valence-electron chi connectivity index (χ4n) is 3.39. The average Bonchev–Trinajstić information content (AvgIpc) is 3.14. The van der Waals surface area contributed by atoms with E-state index in [9.17, 15) is 0 Å². The number of halogens is 1. The van der Waals surface area contributed by atoms with Crippen LogP contribution in [0.1, 0.15) is 46.0 Å². The molecule has 0 bridgehead atoms. The van der Waals surface area contributed by atoms with E-state index in [0.29, 0.717) is 12.6 Å². The lowest BCUT2D eigenvalue weighted by atomic mass is 10.2. The van der Waals surface area contributed by atoms with Crippen molar-refractivity contribution in [3.05, 3.63) is 0 Å². The highest BCUT2D eigenvalue weighted by Crippen LogP contribution is 2.26. The van der Waals surface area contributed by atoms with Gasteiger partial charge in [-0.15, -0.1) is 24.0 Å². The minimum atomic E-state index is 0. The van der Waals surface area contributed by atoms with Crippen LogP contribution in [0.15, 0.2) is 4.99 Å². The lowest BCUT2D eigenvalue weighted by Crippen LogP contribution is -2.45. The smallest absolute Gasteiger partial charge is 0.191 e. The van der Waals surface area contributed by atoms with Gasteiger partial charge in [0.2, 0.25) is 0 Å². The molecular weight excluding hydrogens is 391 g/mol. The summed E-state index contributed by atoms with van der Waals surface area (Å²) in [4.78, 5) is 7.26. The third-order valence-corrected chi connectivity index (χ3v) is 4.46. The number of likely N-dealkylation sites (tertiary alicyclic amines) is 1. The fourth-order valence-corrected chi connectivity index (χ4v) is 3.39. The molecule has 0 radical (unpaired) electrons. The quantitative estimate of drug-likeness (QED) is 0.285. The van der Waals surface area contributed by atoms with Crippen molar-refractivity contribution in [1.82, 2.24) is 15.5 Å². The molecule has 22 heavy (non-hydrogen) atoms. The molecule has 2 rings (SSSR count). The second kappa shape index (κ2) is 11.5. The molecule has 0 aromatic heterocycles. The summed E-state index contributed by atoms with van der Waals surface area (Å²) >= 11 is 0. The van der Waals surface area contributed by atoms with Crippen LogP contribution in [0, 0.1) is 0 Å². The lowest BCUT2D eigenvalue weighted by molar-refractivity contribution is 0.155. The van der Waals surface area contributed by atoms with Crippen LogP contribution in [-0.2, 0) is 4.74 Å². The second-order valence-electron chi connectivity index (χ2n) is 6.02. The average molecular weight is 424 g/mol. The first-order valence-electron chi connectivity index (χ1n) is 8.70. The highest BCUT2D eigenvalue weighted by atomic mass is 127. The standard InChI is InChI=1S/C16H32N4O.HI/c1-3-17-16(18-10-12-21-4-2)19-14-9-11-20(13-14)15-7-5-6-8-15;/h14-15H,3-13H2,1-2H3,(H2,17,18,19);1H. The number of hydrogen-bond donors (Lipinski definition) is 2. The van der Waals surface area contributed by atoms with E-state index >= 15 is 0 Å². The van der Waals surface area contributed by atoms with Crippen molar-refractivity contribution in [2.24, 2.45) is 4.99 Å². The Morgan fingerprint density at radius 3 is 2.68 bits per heavy atom. The third kappa shape index (κ3) is 6.58. The largest absolute Gasteiger partial charge is 0.380 e. The predicted molar refractivity (Wildman–Crippen MR) is 103 cm³/mol. The summed E-state index contributed by atoms with van der Waals surface area (Å²) in [5, 5.41) is 6.92. The van der Waals surface area contributed by atoms with E-state index in [1.165, 1.54) is 45.2 Å². The number of guanidine groups is 1. The van der Waals surface area contributed by atoms with E-state index in [1.807, 2.05) is 6.92 Å². The van der Waals surface area contributed by atoms with Gasteiger partial charge in [0.05, 0.1) is 13.2 Å². The van der Waals surface area contributed by atoms with Crippen LogP contribution >= 0.6 is 24.0 Å². The van der Waals surface area contributed by atoms with Gasteiger partial charge in [-0.25, -0.2) is 0 Å². The summed E-state index contributed by atoms with van der Waals surface area (Å²) in [6.45, 7) is 9.62. The van der Waals surface area contributed by atoms with Crippen molar-refractivity contribution in [2.45, 2.75) is 58.0 Å². The van der Waals surface area contributed by atoms with E-state index in [2.05, 4.69) is 27.4 Å². The highest BCUT2D eigenvalue weighted by Gasteiger charge is 2.30. The monoisotopic (exact) mass is 424 g/mol. The molecular formula is C16H33IN4O. The van der Waals surface area contributed by atoms with E-state index < -0.39 is 0 Å². The lowest BCUT2D eigenvalue weighted by Gasteiger charge is -2.24. The third-order valence-electron chi connectivity index (χ3n) is 4.46. The molecule has 1 saturated heterocycles. The van der Waals surface area contributed by atoms with Crippen LogP contribution in [0.5, 0.6) is 0 Å². The Kier molecular flexibility index (Phi) is 10.4. The van der Waals surface area contributed by atoms with Gasteiger partial charge in [-0.2, -0.15) is 0 Å². The zero-order valence-electron chi connectivity index (χ0n) is 14.1. The van der Waals surface area contributed by atoms with Gasteiger partial charge in [0.25, 0.3) is 0 Å². The molecule has 0 aromatic carbocycles. The molecule has 1 atom stereocenters. The van der Waals surface area contributed by atoms with Gasteiger partial charge in [-0.05, 0) is 33.1 Å². The van der Waals surface area contributed by atoms with Gasteiger partial charge in [0, 0.05) is 38.3 Å². The summed E-state index contributed by atoms with van der Waals surface area (Å²) in [6.07, 6.45) is 6.86. The van der Waals surface area contributed by atoms with Crippen molar-refractivity contribution in [3.8, 4) is 0 Å². The van der Waals surface area contributed by atoms with Gasteiger partial charge in [-0.3, -0.25) is 9.89 Å². The fraction of sp³-hybridized carbons (Fsp3) is 0.938. The number of nitrogens with one attached hydrogen (secondary N) is 2. The Bertz CT molecular complexity index is 321. The van der Waals surface area contributed by atoms with E-state index in [4.69, 9.17) is 4.74 Å². The summed E-state index contributed by atoms with van der Waals surface area (Å²) in [5.74, 6) is 0.940. The van der Waals surface area contributed by atoms with Crippen LogP contribution in [0.4, 0.5) is 0 Å². The zero-order chi connectivity index (χ0) is 14.9. The zero-order valence-corrected chi connectivity index (χ0v) is 16.5. The molecule has 1 saturated carbocycles. The molecule has 2 aliphatic rings. The maximum atomic E-state index is 5.35. The SMILES string of the molecule is CCNC(=NCCOCC)NC1CCN(C2CCCC2)C1.I. The van der Waals surface area contributed by atoms with Gasteiger partial charge in [0.15, 0.2) is 5.96 Å². The first-order chi connectivity index (χ1) is 10.3. The van der Waals surface area contributed by atoms with E-state index in [-0.39, 0.29) is 24.0 Å². The molecule has 6 heteroatoms. The Balaban J connectivity index is 0.00000242. The molecule has 2 fully saturated rings. The van der Waals surface area contributed by atoms with Gasteiger partial charge >= 0.3 is 0 Å². The number of nitrogens with zero attached hydrogens (tertiary/aromatic N) is 2. The van der Waals surface area contributed by atoms with Gasteiger partial charge in [-0.1, -0.05) is 12.8 Å². The Morgan fingerprint density at radius 1 is 1.23 bits per heavy atom. The van der Waals surface area contributed by atoms with E-state index in [1.54, 1.807) is 0 Å². The number of hydrogen-bond acceptors (Lipinski definition) is 3. The minimum absolute atomic E-state index is 0. The Hall–Kier alpha value is -0.0800. The first kappa shape index (κ1) is 20.0. The van der Waals surface area contributed by atoms with Crippen LogP contribution < -0.4 is 10.6 Å². The topological polar surface area (TPSA) is 48.9 Å². The molecule has 130 valence electrons. The van der Waals surface area contributed by atoms with Crippen LogP contribution in [0.3, 0.4) is 0 Å². The van der Waals surface area contributed by atoms with Crippen LogP contribution in [-0.4, -0.2) is 62.3 Å². The molecule has 0 amide bonds. The maximum absolute atomic E-state index is 5.35. The van der Waals surface area contributed by atoms with Crippen LogP contribution in [0.2, 0.25) is 0 Å². The molecule has 0 spiro atoms. The van der Waals surface area contributed by atoms with Crippen molar-refractivity contribution < 1.29 is 4.74 Å².